The summed E-state index contributed by atoms with van der Waals surface area (Å²) < 4.78 is 0. The van der Waals surface area contributed by atoms with Crippen LogP contribution in [0.2, 0.25) is 0 Å². The number of aryl methyl sites for hydroxylation is 1. The van der Waals surface area contributed by atoms with Crippen molar-refractivity contribution in [2.24, 2.45) is 11.7 Å². The molecule has 1 heterocycles. The number of hydrogen-bond acceptors (Lipinski definition) is 4. The Labute approximate surface area is 150 Å². The van der Waals surface area contributed by atoms with Gasteiger partial charge in [0.05, 0.1) is 12.5 Å². The second-order valence-corrected chi connectivity index (χ2v) is 6.81. The molecule has 0 bridgehead atoms. The fourth-order valence-electron chi connectivity index (χ4n) is 2.98. The highest BCUT2D eigenvalue weighted by atomic mass is 16.2. The number of nitrogens with one attached hydrogen (secondary N) is 1. The summed E-state index contributed by atoms with van der Waals surface area (Å²) in [4.78, 5) is 28.6. The summed E-state index contributed by atoms with van der Waals surface area (Å²) >= 11 is 0. The minimum atomic E-state index is -0.166. The molecule has 0 aliphatic carbocycles. The molecule has 138 valence electrons. The molecule has 6 nitrogen and oxygen atoms in total. The summed E-state index contributed by atoms with van der Waals surface area (Å²) in [6.45, 7) is 8.87. The van der Waals surface area contributed by atoms with Gasteiger partial charge in [-0.05, 0) is 25.0 Å². The third-order valence-electron chi connectivity index (χ3n) is 4.90. The Kier molecular flexibility index (Phi) is 6.96. The van der Waals surface area contributed by atoms with Gasteiger partial charge in [-0.25, -0.2) is 0 Å². The molecule has 1 aliphatic rings. The van der Waals surface area contributed by atoms with Crippen molar-refractivity contribution in [3.8, 4) is 0 Å². The molecule has 0 spiro atoms. The van der Waals surface area contributed by atoms with Crippen LogP contribution in [0.25, 0.3) is 0 Å². The molecule has 0 aromatic heterocycles. The predicted molar refractivity (Wildman–Crippen MR) is 100 cm³/mol. The maximum absolute atomic E-state index is 12.3. The standard InChI is InChI=1S/C19H30N4O2/c1-4-16-7-5-6-8-17(16)21-18(24)13-22-9-11-23(12-10-22)19(25)14(2)15(3)20/h5-8,14-15H,4,9-13,20H2,1-3H3,(H,21,24). The third-order valence-corrected chi connectivity index (χ3v) is 4.90. The van der Waals surface area contributed by atoms with Crippen LogP contribution in [0.5, 0.6) is 0 Å². The maximum atomic E-state index is 12.3. The number of benzene rings is 1. The van der Waals surface area contributed by atoms with E-state index < -0.39 is 0 Å². The van der Waals surface area contributed by atoms with E-state index in [1.807, 2.05) is 43.0 Å². The quantitative estimate of drug-likeness (QED) is 0.814. The zero-order chi connectivity index (χ0) is 18.4. The molecule has 2 atom stereocenters. The van der Waals surface area contributed by atoms with E-state index in [1.54, 1.807) is 0 Å². The minimum absolute atomic E-state index is 0.00961. The summed E-state index contributed by atoms with van der Waals surface area (Å²) in [5, 5.41) is 3.00. The van der Waals surface area contributed by atoms with Gasteiger partial charge in [0.25, 0.3) is 0 Å². The minimum Gasteiger partial charge on any atom is -0.340 e. The molecule has 1 aliphatic heterocycles. The number of nitrogens with two attached hydrogens (primary N) is 1. The average Bonchev–Trinajstić information content (AvgIpc) is 2.61. The van der Waals surface area contributed by atoms with Crippen LogP contribution < -0.4 is 11.1 Å². The highest BCUT2D eigenvalue weighted by Crippen LogP contribution is 2.15. The van der Waals surface area contributed by atoms with Crippen molar-refractivity contribution in [3.63, 3.8) is 0 Å². The third kappa shape index (κ3) is 5.28. The lowest BCUT2D eigenvalue weighted by Gasteiger charge is -2.36. The van der Waals surface area contributed by atoms with E-state index in [-0.39, 0.29) is 23.8 Å². The molecule has 1 aromatic rings. The van der Waals surface area contributed by atoms with E-state index >= 15 is 0 Å². The Hall–Kier alpha value is -1.92. The summed E-state index contributed by atoms with van der Waals surface area (Å²) in [5.74, 6) is -0.0685. The first-order valence-corrected chi connectivity index (χ1v) is 9.06. The van der Waals surface area contributed by atoms with E-state index in [0.29, 0.717) is 32.7 Å². The lowest BCUT2D eigenvalue weighted by atomic mass is 10.0. The Morgan fingerprint density at radius 2 is 1.80 bits per heavy atom. The summed E-state index contributed by atoms with van der Waals surface area (Å²) in [7, 11) is 0. The van der Waals surface area contributed by atoms with Gasteiger partial charge < -0.3 is 16.0 Å². The van der Waals surface area contributed by atoms with Gasteiger partial charge in [0.15, 0.2) is 0 Å². The van der Waals surface area contributed by atoms with E-state index in [4.69, 9.17) is 5.73 Å². The average molecular weight is 346 g/mol. The van der Waals surface area contributed by atoms with Gasteiger partial charge in [0.1, 0.15) is 0 Å². The molecular weight excluding hydrogens is 316 g/mol. The number of para-hydroxylation sites is 1. The van der Waals surface area contributed by atoms with Gasteiger partial charge in [0.2, 0.25) is 11.8 Å². The number of rotatable bonds is 6. The maximum Gasteiger partial charge on any atom is 0.238 e. The van der Waals surface area contributed by atoms with E-state index in [9.17, 15) is 9.59 Å². The Balaban J connectivity index is 1.81. The molecule has 1 saturated heterocycles. The van der Waals surface area contributed by atoms with Crippen molar-refractivity contribution in [2.45, 2.75) is 33.2 Å². The number of hydrogen-bond donors (Lipinski definition) is 2. The Morgan fingerprint density at radius 3 is 2.40 bits per heavy atom. The van der Waals surface area contributed by atoms with Crippen molar-refractivity contribution in [3.05, 3.63) is 29.8 Å². The van der Waals surface area contributed by atoms with Crippen molar-refractivity contribution in [1.82, 2.24) is 9.80 Å². The van der Waals surface area contributed by atoms with Crippen molar-refractivity contribution >= 4 is 17.5 Å². The number of nitrogens with zero attached hydrogens (tertiary/aromatic N) is 2. The molecular formula is C19H30N4O2. The van der Waals surface area contributed by atoms with Crippen molar-refractivity contribution in [1.29, 1.82) is 0 Å². The van der Waals surface area contributed by atoms with Gasteiger partial charge in [-0.3, -0.25) is 14.5 Å². The van der Waals surface area contributed by atoms with Gasteiger partial charge in [-0.2, -0.15) is 0 Å². The lowest BCUT2D eigenvalue weighted by Crippen LogP contribution is -2.53. The molecule has 1 fully saturated rings. The monoisotopic (exact) mass is 346 g/mol. The summed E-state index contributed by atoms with van der Waals surface area (Å²) in [6.07, 6.45) is 0.884. The van der Waals surface area contributed by atoms with Crippen LogP contribution in [0.4, 0.5) is 5.69 Å². The molecule has 0 radical (unpaired) electrons. The second kappa shape index (κ2) is 8.97. The summed E-state index contributed by atoms with van der Waals surface area (Å²) in [5.41, 5.74) is 7.84. The van der Waals surface area contributed by atoms with Crippen LogP contribution in [-0.4, -0.2) is 60.4 Å². The van der Waals surface area contributed by atoms with Crippen LogP contribution in [-0.2, 0) is 16.0 Å². The first-order valence-electron chi connectivity index (χ1n) is 9.06. The highest BCUT2D eigenvalue weighted by Gasteiger charge is 2.27. The number of anilines is 1. The van der Waals surface area contributed by atoms with Gasteiger partial charge in [0, 0.05) is 37.9 Å². The van der Waals surface area contributed by atoms with Gasteiger partial charge in [-0.1, -0.05) is 32.0 Å². The van der Waals surface area contributed by atoms with Crippen molar-refractivity contribution in [2.75, 3.05) is 38.0 Å². The largest absolute Gasteiger partial charge is 0.340 e. The molecule has 2 unspecified atom stereocenters. The number of carbonyl (C=O) groups excluding carboxylic acids is 2. The van der Waals surface area contributed by atoms with Crippen LogP contribution in [0.3, 0.4) is 0 Å². The fraction of sp³-hybridized carbons (Fsp3) is 0.579. The van der Waals surface area contributed by atoms with Crippen LogP contribution in [0, 0.1) is 5.92 Å². The smallest absolute Gasteiger partial charge is 0.238 e. The van der Waals surface area contributed by atoms with E-state index in [2.05, 4.69) is 17.1 Å². The summed E-state index contributed by atoms with van der Waals surface area (Å²) in [6, 6.07) is 7.73. The van der Waals surface area contributed by atoms with E-state index in [0.717, 1.165) is 17.7 Å². The van der Waals surface area contributed by atoms with Gasteiger partial charge in [-0.15, -0.1) is 0 Å². The topological polar surface area (TPSA) is 78.7 Å². The van der Waals surface area contributed by atoms with Crippen molar-refractivity contribution < 1.29 is 9.59 Å². The van der Waals surface area contributed by atoms with E-state index in [1.165, 1.54) is 0 Å². The SMILES string of the molecule is CCc1ccccc1NC(=O)CN1CCN(C(=O)C(C)C(C)N)CC1. The molecule has 2 amide bonds. The normalized spacial score (nSPS) is 17.8. The van der Waals surface area contributed by atoms with Crippen LogP contribution >= 0.6 is 0 Å². The zero-order valence-electron chi connectivity index (χ0n) is 15.5. The first-order chi connectivity index (χ1) is 11.9. The second-order valence-electron chi connectivity index (χ2n) is 6.81. The van der Waals surface area contributed by atoms with Crippen LogP contribution in [0.15, 0.2) is 24.3 Å². The van der Waals surface area contributed by atoms with Gasteiger partial charge >= 0.3 is 0 Å². The molecule has 25 heavy (non-hydrogen) atoms. The molecule has 3 N–H and O–H groups in total. The fourth-order valence-corrected chi connectivity index (χ4v) is 2.98. The number of piperazine rings is 1. The molecule has 6 heteroatoms. The molecule has 1 aromatic carbocycles. The first kappa shape index (κ1) is 19.4. The number of carbonyl (C=O) groups is 2. The number of amides is 2. The Morgan fingerprint density at radius 1 is 1.16 bits per heavy atom. The molecule has 2 rings (SSSR count). The Bertz CT molecular complexity index is 595. The highest BCUT2D eigenvalue weighted by molar-refractivity contribution is 5.93. The molecule has 0 saturated carbocycles. The van der Waals surface area contributed by atoms with Crippen LogP contribution in [0.1, 0.15) is 26.3 Å². The zero-order valence-corrected chi connectivity index (χ0v) is 15.5. The lowest BCUT2D eigenvalue weighted by molar-refractivity contribution is -0.137. The predicted octanol–water partition coefficient (Wildman–Crippen LogP) is 1.32.